The lowest BCUT2D eigenvalue weighted by Crippen LogP contribution is -2.27. The van der Waals surface area contributed by atoms with E-state index in [9.17, 15) is 0 Å². The van der Waals surface area contributed by atoms with E-state index in [1.165, 1.54) is 11.1 Å². The van der Waals surface area contributed by atoms with E-state index in [-0.39, 0.29) is 6.61 Å². The van der Waals surface area contributed by atoms with Crippen molar-refractivity contribution in [1.29, 1.82) is 0 Å². The zero-order chi connectivity index (χ0) is 11.8. The topological polar surface area (TPSA) is 23.5 Å². The van der Waals surface area contributed by atoms with E-state index in [1.807, 2.05) is 35.2 Å². The quantitative estimate of drug-likeness (QED) is 0.850. The van der Waals surface area contributed by atoms with E-state index in [1.54, 1.807) is 0 Å². The molecule has 0 spiro atoms. The molecule has 0 amide bonds. The van der Waals surface area contributed by atoms with Crippen LogP contribution in [0.15, 0.2) is 40.9 Å². The van der Waals surface area contributed by atoms with Gasteiger partial charge in [-0.15, -0.1) is 0 Å². The highest BCUT2D eigenvalue weighted by Crippen LogP contribution is 2.10. The molecule has 4 heteroatoms. The summed E-state index contributed by atoms with van der Waals surface area (Å²) in [4.78, 5) is 2.04. The molecule has 88 valence electrons. The molecule has 1 aromatic rings. The lowest BCUT2D eigenvalue weighted by molar-refractivity contribution is 0.202. The van der Waals surface area contributed by atoms with E-state index in [2.05, 4.69) is 0 Å². The molecule has 0 heterocycles. The minimum Gasteiger partial charge on any atom is -0.395 e. The van der Waals surface area contributed by atoms with Gasteiger partial charge in [0.05, 0.1) is 6.61 Å². The fourth-order valence-electron chi connectivity index (χ4n) is 1.45. The van der Waals surface area contributed by atoms with E-state index in [4.69, 9.17) is 28.3 Å². The molecule has 0 fully saturated rings. The van der Waals surface area contributed by atoms with Crippen molar-refractivity contribution in [2.75, 3.05) is 19.7 Å². The number of hydrogen-bond acceptors (Lipinski definition) is 2. The van der Waals surface area contributed by atoms with E-state index in [0.717, 1.165) is 6.54 Å². The number of aliphatic hydroxyl groups excluding tert-OH is 1. The largest absolute Gasteiger partial charge is 0.395 e. The van der Waals surface area contributed by atoms with Gasteiger partial charge in [0, 0.05) is 30.2 Å². The molecule has 2 nitrogen and oxygen atoms in total. The van der Waals surface area contributed by atoms with Gasteiger partial charge in [-0.1, -0.05) is 53.5 Å². The zero-order valence-electron chi connectivity index (χ0n) is 8.94. The van der Waals surface area contributed by atoms with Gasteiger partial charge in [0.2, 0.25) is 0 Å². The molecule has 0 saturated carbocycles. The van der Waals surface area contributed by atoms with Crippen molar-refractivity contribution in [3.8, 4) is 0 Å². The molecular weight excluding hydrogens is 245 g/mol. The van der Waals surface area contributed by atoms with Crippen LogP contribution in [0.5, 0.6) is 0 Å². The number of rotatable bonds is 6. The number of nitrogens with zero attached hydrogens (tertiary/aromatic N) is 1. The maximum atomic E-state index is 8.96. The van der Waals surface area contributed by atoms with Gasteiger partial charge in [0.1, 0.15) is 0 Å². The third-order valence-electron chi connectivity index (χ3n) is 2.16. The Morgan fingerprint density at radius 1 is 1.31 bits per heavy atom. The zero-order valence-corrected chi connectivity index (χ0v) is 10.5. The number of aliphatic hydroxyl groups is 1. The average Bonchev–Trinajstić information content (AvgIpc) is 2.30. The van der Waals surface area contributed by atoms with Crippen LogP contribution in [0.1, 0.15) is 5.56 Å². The fraction of sp³-hybridized carbons (Fsp3) is 0.333. The van der Waals surface area contributed by atoms with Gasteiger partial charge in [-0.2, -0.15) is 0 Å². The highest BCUT2D eigenvalue weighted by molar-refractivity contribution is 6.36. The molecule has 0 atom stereocenters. The van der Waals surface area contributed by atoms with Gasteiger partial charge >= 0.3 is 0 Å². The standard InChI is InChI=1S/C12H15Cl2NO/c13-8-12(14)10-15(6-7-16)9-11-4-2-1-3-5-11/h1-5,8,16H,6-7,9-10H2/b12-8-. The maximum Gasteiger partial charge on any atom is 0.0558 e. The summed E-state index contributed by atoms with van der Waals surface area (Å²) in [6.07, 6.45) is 0. The van der Waals surface area contributed by atoms with Crippen LogP contribution in [-0.4, -0.2) is 29.7 Å². The third kappa shape index (κ3) is 4.99. The highest BCUT2D eigenvalue weighted by atomic mass is 35.5. The Hall–Kier alpha value is -0.540. The van der Waals surface area contributed by atoms with Crippen molar-refractivity contribution in [1.82, 2.24) is 4.90 Å². The number of benzene rings is 1. The molecule has 0 aliphatic heterocycles. The van der Waals surface area contributed by atoms with Gasteiger partial charge in [0.15, 0.2) is 0 Å². The Kier molecular flexibility index (Phi) is 6.50. The predicted octanol–water partition coefficient (Wildman–Crippen LogP) is 2.80. The molecule has 1 rings (SSSR count). The Balaban J connectivity index is 2.57. The van der Waals surface area contributed by atoms with Crippen LogP contribution in [0.2, 0.25) is 0 Å². The van der Waals surface area contributed by atoms with Crippen molar-refractivity contribution in [3.63, 3.8) is 0 Å². The SMILES string of the molecule is OCCN(C/C(Cl)=C/Cl)Cc1ccccc1. The molecule has 1 aromatic carbocycles. The first-order valence-electron chi connectivity index (χ1n) is 5.08. The summed E-state index contributed by atoms with van der Waals surface area (Å²) < 4.78 is 0. The molecule has 1 N–H and O–H groups in total. The summed E-state index contributed by atoms with van der Waals surface area (Å²) in [7, 11) is 0. The summed E-state index contributed by atoms with van der Waals surface area (Å²) in [5.74, 6) is 0. The van der Waals surface area contributed by atoms with E-state index < -0.39 is 0 Å². The van der Waals surface area contributed by atoms with Gasteiger partial charge in [-0.25, -0.2) is 0 Å². The van der Waals surface area contributed by atoms with Crippen LogP contribution >= 0.6 is 23.2 Å². The van der Waals surface area contributed by atoms with Crippen LogP contribution < -0.4 is 0 Å². The molecule has 0 saturated heterocycles. The lowest BCUT2D eigenvalue weighted by atomic mass is 10.2. The van der Waals surface area contributed by atoms with Crippen molar-refractivity contribution in [2.24, 2.45) is 0 Å². The second-order valence-corrected chi connectivity index (χ2v) is 4.18. The molecule has 0 aromatic heterocycles. The smallest absolute Gasteiger partial charge is 0.0558 e. The summed E-state index contributed by atoms with van der Waals surface area (Å²) >= 11 is 11.4. The van der Waals surface area contributed by atoms with Crippen molar-refractivity contribution in [3.05, 3.63) is 46.5 Å². The van der Waals surface area contributed by atoms with Gasteiger partial charge < -0.3 is 5.11 Å². The normalized spacial score (nSPS) is 12.1. The van der Waals surface area contributed by atoms with Crippen LogP contribution in [-0.2, 0) is 6.54 Å². The van der Waals surface area contributed by atoms with Gasteiger partial charge in [0.25, 0.3) is 0 Å². The first kappa shape index (κ1) is 13.5. The monoisotopic (exact) mass is 259 g/mol. The van der Waals surface area contributed by atoms with E-state index >= 15 is 0 Å². The minimum absolute atomic E-state index is 0.110. The second-order valence-electron chi connectivity index (χ2n) is 3.48. The molecule has 0 bridgehead atoms. The molecule has 0 radical (unpaired) electrons. The Bertz CT molecular complexity index is 327. The van der Waals surface area contributed by atoms with Crippen LogP contribution in [0.3, 0.4) is 0 Å². The van der Waals surface area contributed by atoms with Crippen molar-refractivity contribution < 1.29 is 5.11 Å². The van der Waals surface area contributed by atoms with Crippen LogP contribution in [0, 0.1) is 0 Å². The fourth-order valence-corrected chi connectivity index (χ4v) is 1.68. The molecular formula is C12H15Cl2NO. The third-order valence-corrected chi connectivity index (χ3v) is 2.76. The highest BCUT2D eigenvalue weighted by Gasteiger charge is 2.06. The van der Waals surface area contributed by atoms with Gasteiger partial charge in [-0.3, -0.25) is 4.90 Å². The van der Waals surface area contributed by atoms with Crippen molar-refractivity contribution >= 4 is 23.2 Å². The first-order chi connectivity index (χ1) is 7.76. The van der Waals surface area contributed by atoms with Gasteiger partial charge in [-0.05, 0) is 5.56 Å². The van der Waals surface area contributed by atoms with Crippen molar-refractivity contribution in [2.45, 2.75) is 6.54 Å². The summed E-state index contributed by atoms with van der Waals surface area (Å²) in [5, 5.41) is 9.54. The molecule has 16 heavy (non-hydrogen) atoms. The summed E-state index contributed by atoms with van der Waals surface area (Å²) in [6, 6.07) is 10.0. The summed E-state index contributed by atoms with van der Waals surface area (Å²) in [6.45, 7) is 2.00. The average molecular weight is 260 g/mol. The Labute approximate surface area is 106 Å². The molecule has 0 aliphatic rings. The van der Waals surface area contributed by atoms with E-state index in [0.29, 0.717) is 18.1 Å². The first-order valence-corrected chi connectivity index (χ1v) is 5.89. The summed E-state index contributed by atoms with van der Waals surface area (Å²) in [5.41, 5.74) is 2.55. The second kappa shape index (κ2) is 7.69. The number of hydrogen-bond donors (Lipinski definition) is 1. The molecule has 0 unspecified atom stereocenters. The van der Waals surface area contributed by atoms with Crippen LogP contribution in [0.25, 0.3) is 0 Å². The minimum atomic E-state index is 0.110. The number of halogens is 2. The maximum absolute atomic E-state index is 8.96. The van der Waals surface area contributed by atoms with Crippen LogP contribution in [0.4, 0.5) is 0 Å². The Morgan fingerprint density at radius 3 is 2.56 bits per heavy atom. The molecule has 0 aliphatic carbocycles. The lowest BCUT2D eigenvalue weighted by Gasteiger charge is -2.20. The predicted molar refractivity (Wildman–Crippen MR) is 68.6 cm³/mol. The Morgan fingerprint density at radius 2 is 2.00 bits per heavy atom.